The number of fused-ring (bicyclic) bond motifs is 1. The average Bonchev–Trinajstić information content (AvgIpc) is 3.20. The van der Waals surface area contributed by atoms with E-state index in [1.165, 1.54) is 18.3 Å². The van der Waals surface area contributed by atoms with Crippen LogP contribution in [-0.2, 0) is 12.6 Å². The minimum absolute atomic E-state index is 0.367. The molecule has 0 spiro atoms. The Hall–Kier alpha value is -4.14. The molecule has 168 valence electrons. The lowest BCUT2D eigenvalue weighted by molar-refractivity contribution is -0.137. The van der Waals surface area contributed by atoms with Gasteiger partial charge in [0.1, 0.15) is 11.6 Å². The van der Waals surface area contributed by atoms with Crippen molar-refractivity contribution in [1.82, 2.24) is 15.4 Å². The van der Waals surface area contributed by atoms with Crippen molar-refractivity contribution in [2.75, 3.05) is 7.11 Å². The lowest BCUT2D eigenvalue weighted by Crippen LogP contribution is -2.17. The SMILES string of the molecule is COc1ccc(Cc2nc3ccc(C(=O)N/N=C\c4ccc(C(F)(F)F)cc4)cc3[nH]2)cc1. The minimum Gasteiger partial charge on any atom is -0.497 e. The number of rotatable bonds is 6. The Morgan fingerprint density at radius 1 is 1.09 bits per heavy atom. The van der Waals surface area contributed by atoms with Gasteiger partial charge in [0, 0.05) is 12.0 Å². The van der Waals surface area contributed by atoms with Crippen molar-refractivity contribution in [1.29, 1.82) is 0 Å². The second-order valence-electron chi connectivity index (χ2n) is 7.26. The third-order valence-electron chi connectivity index (χ3n) is 4.94. The molecule has 1 amide bonds. The van der Waals surface area contributed by atoms with Crippen molar-refractivity contribution in [3.63, 3.8) is 0 Å². The maximum atomic E-state index is 12.6. The molecule has 0 saturated carbocycles. The van der Waals surface area contributed by atoms with Crippen LogP contribution in [-0.4, -0.2) is 29.2 Å². The van der Waals surface area contributed by atoms with Crippen molar-refractivity contribution in [3.8, 4) is 5.75 Å². The number of methoxy groups -OCH3 is 1. The summed E-state index contributed by atoms with van der Waals surface area (Å²) in [6, 6.07) is 17.2. The molecule has 0 aliphatic carbocycles. The first-order valence-electron chi connectivity index (χ1n) is 9.94. The van der Waals surface area contributed by atoms with E-state index < -0.39 is 17.6 Å². The highest BCUT2D eigenvalue weighted by atomic mass is 19.4. The van der Waals surface area contributed by atoms with Gasteiger partial charge < -0.3 is 9.72 Å². The molecule has 33 heavy (non-hydrogen) atoms. The normalized spacial score (nSPS) is 11.8. The number of H-pyrrole nitrogens is 1. The van der Waals surface area contributed by atoms with Gasteiger partial charge in [-0.15, -0.1) is 0 Å². The van der Waals surface area contributed by atoms with Gasteiger partial charge in [0.05, 0.1) is 29.9 Å². The Balaban J connectivity index is 1.41. The smallest absolute Gasteiger partial charge is 0.416 e. The number of nitrogens with zero attached hydrogens (tertiary/aromatic N) is 2. The number of hydrogen-bond donors (Lipinski definition) is 2. The highest BCUT2D eigenvalue weighted by molar-refractivity contribution is 5.97. The van der Waals surface area contributed by atoms with Crippen molar-refractivity contribution in [2.45, 2.75) is 12.6 Å². The van der Waals surface area contributed by atoms with Crippen LogP contribution in [0.3, 0.4) is 0 Å². The Labute approximate surface area is 187 Å². The molecule has 4 aromatic rings. The van der Waals surface area contributed by atoms with E-state index >= 15 is 0 Å². The van der Waals surface area contributed by atoms with Crippen LogP contribution < -0.4 is 10.2 Å². The number of hydrazone groups is 1. The van der Waals surface area contributed by atoms with Crippen LogP contribution in [0.1, 0.15) is 32.9 Å². The Morgan fingerprint density at radius 2 is 1.82 bits per heavy atom. The summed E-state index contributed by atoms with van der Waals surface area (Å²) in [6.07, 6.45) is -2.53. The number of carbonyl (C=O) groups excluding carboxylic acids is 1. The zero-order chi connectivity index (χ0) is 23.4. The molecule has 3 aromatic carbocycles. The van der Waals surface area contributed by atoms with Crippen molar-refractivity contribution >= 4 is 23.2 Å². The predicted octanol–water partition coefficient (Wildman–Crippen LogP) is 4.95. The molecule has 0 bridgehead atoms. The highest BCUT2D eigenvalue weighted by Crippen LogP contribution is 2.28. The molecule has 0 saturated heterocycles. The van der Waals surface area contributed by atoms with Crippen LogP contribution in [0.5, 0.6) is 5.75 Å². The monoisotopic (exact) mass is 452 g/mol. The maximum absolute atomic E-state index is 12.6. The van der Waals surface area contributed by atoms with Crippen LogP contribution in [0.25, 0.3) is 11.0 Å². The molecule has 6 nitrogen and oxygen atoms in total. The van der Waals surface area contributed by atoms with E-state index in [0.29, 0.717) is 23.1 Å². The Morgan fingerprint density at radius 3 is 2.48 bits per heavy atom. The zero-order valence-corrected chi connectivity index (χ0v) is 17.5. The van der Waals surface area contributed by atoms with Gasteiger partial charge in [0.2, 0.25) is 0 Å². The molecule has 1 aromatic heterocycles. The van der Waals surface area contributed by atoms with Crippen LogP contribution >= 0.6 is 0 Å². The van der Waals surface area contributed by atoms with Gasteiger partial charge in [0.15, 0.2) is 0 Å². The van der Waals surface area contributed by atoms with Crippen molar-refractivity contribution < 1.29 is 22.7 Å². The minimum atomic E-state index is -4.40. The summed E-state index contributed by atoms with van der Waals surface area (Å²) in [5, 5.41) is 3.82. The van der Waals surface area contributed by atoms with Crippen LogP contribution in [0, 0.1) is 0 Å². The molecule has 2 N–H and O–H groups in total. The standard InChI is InChI=1S/C24H19F3N4O2/c1-33-19-9-4-15(5-10-19)12-22-29-20-11-6-17(13-21(20)30-22)23(32)31-28-14-16-2-7-18(8-3-16)24(25,26)27/h2-11,13-14H,12H2,1H3,(H,29,30)(H,31,32)/b28-14-. The Bertz CT molecular complexity index is 1290. The summed E-state index contributed by atoms with van der Waals surface area (Å²) in [4.78, 5) is 20.2. The van der Waals surface area contributed by atoms with E-state index in [0.717, 1.165) is 34.8 Å². The molecule has 1 heterocycles. The lowest BCUT2D eigenvalue weighted by Gasteiger charge is -2.05. The summed E-state index contributed by atoms with van der Waals surface area (Å²) in [5.74, 6) is 1.08. The first kappa shape index (κ1) is 22.1. The number of hydrogen-bond acceptors (Lipinski definition) is 4. The number of amides is 1. The number of imidazole rings is 1. The molecular formula is C24H19F3N4O2. The quantitative estimate of drug-likeness (QED) is 0.321. The number of aromatic nitrogens is 2. The van der Waals surface area contributed by atoms with Gasteiger partial charge in [-0.1, -0.05) is 24.3 Å². The maximum Gasteiger partial charge on any atom is 0.416 e. The van der Waals surface area contributed by atoms with Crippen LogP contribution in [0.4, 0.5) is 13.2 Å². The van der Waals surface area contributed by atoms with E-state index in [-0.39, 0.29) is 0 Å². The van der Waals surface area contributed by atoms with E-state index in [4.69, 9.17) is 4.74 Å². The van der Waals surface area contributed by atoms with E-state index in [9.17, 15) is 18.0 Å². The molecule has 0 aliphatic rings. The van der Waals surface area contributed by atoms with Crippen molar-refractivity contribution in [3.05, 3.63) is 94.8 Å². The number of aromatic amines is 1. The Kier molecular flexibility index (Phi) is 6.12. The molecule has 0 unspecified atom stereocenters. The summed E-state index contributed by atoms with van der Waals surface area (Å²) >= 11 is 0. The molecule has 0 fully saturated rings. The second-order valence-corrected chi connectivity index (χ2v) is 7.26. The molecule has 9 heteroatoms. The van der Waals surface area contributed by atoms with Gasteiger partial charge in [-0.05, 0) is 53.6 Å². The number of nitrogens with one attached hydrogen (secondary N) is 2. The van der Waals surface area contributed by atoms with Crippen LogP contribution in [0.2, 0.25) is 0 Å². The van der Waals surface area contributed by atoms with Gasteiger partial charge >= 0.3 is 6.18 Å². The van der Waals surface area contributed by atoms with Crippen LogP contribution in [0.15, 0.2) is 71.8 Å². The molecule has 0 aliphatic heterocycles. The second kappa shape index (κ2) is 9.15. The molecule has 0 radical (unpaired) electrons. The summed E-state index contributed by atoms with van der Waals surface area (Å²) in [5.41, 5.74) is 4.92. The molecule has 0 atom stereocenters. The molecular weight excluding hydrogens is 433 g/mol. The number of carbonyl (C=O) groups is 1. The summed E-state index contributed by atoms with van der Waals surface area (Å²) in [6.45, 7) is 0. The number of ether oxygens (including phenoxy) is 1. The third kappa shape index (κ3) is 5.38. The third-order valence-corrected chi connectivity index (χ3v) is 4.94. The van der Waals surface area contributed by atoms with Gasteiger partial charge in [-0.2, -0.15) is 18.3 Å². The fourth-order valence-corrected chi connectivity index (χ4v) is 3.21. The number of alkyl halides is 3. The summed E-state index contributed by atoms with van der Waals surface area (Å²) < 4.78 is 43.0. The molecule has 4 rings (SSSR count). The lowest BCUT2D eigenvalue weighted by atomic mass is 10.1. The predicted molar refractivity (Wildman–Crippen MR) is 118 cm³/mol. The topological polar surface area (TPSA) is 79.4 Å². The summed E-state index contributed by atoms with van der Waals surface area (Å²) in [7, 11) is 1.61. The van der Waals surface area contributed by atoms with Gasteiger partial charge in [-0.25, -0.2) is 10.4 Å². The van der Waals surface area contributed by atoms with E-state index in [1.807, 2.05) is 24.3 Å². The highest BCUT2D eigenvalue weighted by Gasteiger charge is 2.29. The number of halogens is 3. The van der Waals surface area contributed by atoms with E-state index in [1.54, 1.807) is 25.3 Å². The van der Waals surface area contributed by atoms with Gasteiger partial charge in [0.25, 0.3) is 5.91 Å². The fraction of sp³-hybridized carbons (Fsp3) is 0.125. The fourth-order valence-electron chi connectivity index (χ4n) is 3.21. The van der Waals surface area contributed by atoms with Crippen molar-refractivity contribution in [2.24, 2.45) is 5.10 Å². The van der Waals surface area contributed by atoms with E-state index in [2.05, 4.69) is 20.5 Å². The number of benzene rings is 3. The average molecular weight is 452 g/mol. The first-order chi connectivity index (χ1) is 15.8. The first-order valence-corrected chi connectivity index (χ1v) is 9.94. The zero-order valence-electron chi connectivity index (χ0n) is 17.5. The van der Waals surface area contributed by atoms with Gasteiger partial charge in [-0.3, -0.25) is 4.79 Å². The largest absolute Gasteiger partial charge is 0.497 e.